The predicted molar refractivity (Wildman–Crippen MR) is 124 cm³/mol. The highest BCUT2D eigenvalue weighted by molar-refractivity contribution is 7.15. The van der Waals surface area contributed by atoms with E-state index in [2.05, 4.69) is 17.0 Å². The number of aromatic nitrogens is 3. The molecule has 4 aromatic rings. The van der Waals surface area contributed by atoms with Crippen LogP contribution < -0.4 is 19.6 Å². The first kappa shape index (κ1) is 22.0. The SMILES string of the molecule is CCCCCCOc1ccc(C=c2sc3nc(-c4ccc(F)cc4)nn3c2=O)cc1OC. The first-order valence-corrected chi connectivity index (χ1v) is 11.4. The highest BCUT2D eigenvalue weighted by Crippen LogP contribution is 2.28. The minimum atomic E-state index is -0.334. The van der Waals surface area contributed by atoms with E-state index in [1.807, 2.05) is 18.2 Å². The van der Waals surface area contributed by atoms with E-state index in [1.165, 1.54) is 40.8 Å². The molecule has 0 amide bonds. The maximum absolute atomic E-state index is 13.1. The van der Waals surface area contributed by atoms with Gasteiger partial charge < -0.3 is 9.47 Å². The van der Waals surface area contributed by atoms with Crippen molar-refractivity contribution in [2.75, 3.05) is 13.7 Å². The molecule has 0 aliphatic rings. The lowest BCUT2D eigenvalue weighted by Gasteiger charge is -2.11. The summed E-state index contributed by atoms with van der Waals surface area (Å²) in [5.41, 5.74) is 1.23. The summed E-state index contributed by atoms with van der Waals surface area (Å²) in [5.74, 6) is 1.37. The number of nitrogens with zero attached hydrogens (tertiary/aromatic N) is 3. The Kier molecular flexibility index (Phi) is 6.80. The van der Waals surface area contributed by atoms with Crippen molar-refractivity contribution in [3.8, 4) is 22.9 Å². The van der Waals surface area contributed by atoms with Crippen molar-refractivity contribution < 1.29 is 13.9 Å². The minimum Gasteiger partial charge on any atom is -0.493 e. The van der Waals surface area contributed by atoms with Gasteiger partial charge in [-0.05, 0) is 54.5 Å². The van der Waals surface area contributed by atoms with Gasteiger partial charge >= 0.3 is 0 Å². The fraction of sp³-hybridized carbons (Fsp3) is 0.292. The number of ether oxygens (including phenoxy) is 2. The van der Waals surface area contributed by atoms with Gasteiger partial charge in [0.05, 0.1) is 18.2 Å². The lowest BCUT2D eigenvalue weighted by atomic mass is 10.2. The van der Waals surface area contributed by atoms with Gasteiger partial charge in [0, 0.05) is 5.56 Å². The third kappa shape index (κ3) is 4.80. The fourth-order valence-corrected chi connectivity index (χ4v) is 4.22. The Morgan fingerprint density at radius 1 is 1.09 bits per heavy atom. The van der Waals surface area contributed by atoms with Crippen LogP contribution in [0, 0.1) is 5.82 Å². The second-order valence-electron chi connectivity index (χ2n) is 7.37. The van der Waals surface area contributed by atoms with Crippen LogP contribution in [0.3, 0.4) is 0 Å². The Hall–Kier alpha value is -3.26. The molecule has 2 aromatic carbocycles. The molecule has 0 N–H and O–H groups in total. The number of unbranched alkanes of at least 4 members (excludes halogenated alkanes) is 3. The second-order valence-corrected chi connectivity index (χ2v) is 8.38. The molecular formula is C24H24FN3O3S. The summed E-state index contributed by atoms with van der Waals surface area (Å²) in [5, 5.41) is 4.29. The molecule has 0 bridgehead atoms. The summed E-state index contributed by atoms with van der Waals surface area (Å²) in [4.78, 5) is 17.7. The van der Waals surface area contributed by atoms with E-state index in [0.29, 0.717) is 39.0 Å². The second kappa shape index (κ2) is 9.91. The molecule has 6 nitrogen and oxygen atoms in total. The highest BCUT2D eigenvalue weighted by atomic mass is 32.1. The summed E-state index contributed by atoms with van der Waals surface area (Å²) in [6, 6.07) is 11.5. The predicted octanol–water partition coefficient (Wildman–Crippen LogP) is 4.47. The number of rotatable bonds is 9. The van der Waals surface area contributed by atoms with Crippen molar-refractivity contribution in [3.63, 3.8) is 0 Å². The van der Waals surface area contributed by atoms with Crippen LogP contribution in [-0.2, 0) is 0 Å². The summed E-state index contributed by atoms with van der Waals surface area (Å²) >= 11 is 1.25. The molecule has 0 saturated heterocycles. The molecule has 4 rings (SSSR count). The zero-order valence-corrected chi connectivity index (χ0v) is 18.8. The molecule has 0 fully saturated rings. The number of benzene rings is 2. The molecule has 2 heterocycles. The molecule has 0 aliphatic heterocycles. The fourth-order valence-electron chi connectivity index (χ4n) is 3.31. The Bertz CT molecular complexity index is 1320. The van der Waals surface area contributed by atoms with Gasteiger partial charge in [-0.1, -0.05) is 43.6 Å². The van der Waals surface area contributed by atoms with E-state index in [1.54, 1.807) is 25.3 Å². The number of thiazole rings is 1. The summed E-state index contributed by atoms with van der Waals surface area (Å²) in [6.07, 6.45) is 6.33. The zero-order chi connectivity index (χ0) is 22.5. The third-order valence-electron chi connectivity index (χ3n) is 5.03. The lowest BCUT2D eigenvalue weighted by molar-refractivity contribution is 0.285. The van der Waals surface area contributed by atoms with Crippen LogP contribution in [0.15, 0.2) is 47.3 Å². The molecular weight excluding hydrogens is 429 g/mol. The normalized spacial score (nSPS) is 11.9. The van der Waals surface area contributed by atoms with E-state index in [9.17, 15) is 9.18 Å². The molecule has 8 heteroatoms. The maximum atomic E-state index is 13.1. The number of hydrogen-bond acceptors (Lipinski definition) is 6. The third-order valence-corrected chi connectivity index (χ3v) is 5.98. The summed E-state index contributed by atoms with van der Waals surface area (Å²) in [7, 11) is 1.60. The maximum Gasteiger partial charge on any atom is 0.291 e. The molecule has 166 valence electrons. The van der Waals surface area contributed by atoms with Gasteiger partial charge in [0.15, 0.2) is 17.3 Å². The molecule has 0 unspecified atom stereocenters. The monoisotopic (exact) mass is 453 g/mol. The van der Waals surface area contributed by atoms with Crippen molar-refractivity contribution in [1.82, 2.24) is 14.6 Å². The quantitative estimate of drug-likeness (QED) is 0.350. The van der Waals surface area contributed by atoms with E-state index in [-0.39, 0.29) is 11.4 Å². The largest absolute Gasteiger partial charge is 0.493 e. The van der Waals surface area contributed by atoms with E-state index in [0.717, 1.165) is 18.4 Å². The molecule has 2 aromatic heterocycles. The van der Waals surface area contributed by atoms with Gasteiger partial charge in [0.2, 0.25) is 4.96 Å². The average Bonchev–Trinajstić information content (AvgIpc) is 3.34. The van der Waals surface area contributed by atoms with Crippen molar-refractivity contribution in [2.45, 2.75) is 32.6 Å². The summed E-state index contributed by atoms with van der Waals surface area (Å²) < 4.78 is 26.3. The van der Waals surface area contributed by atoms with E-state index < -0.39 is 0 Å². The van der Waals surface area contributed by atoms with Crippen LogP contribution in [-0.4, -0.2) is 28.3 Å². The zero-order valence-electron chi connectivity index (χ0n) is 18.0. The van der Waals surface area contributed by atoms with Crippen LogP contribution in [0.1, 0.15) is 38.2 Å². The first-order valence-electron chi connectivity index (χ1n) is 10.6. The highest BCUT2D eigenvalue weighted by Gasteiger charge is 2.12. The van der Waals surface area contributed by atoms with E-state index in [4.69, 9.17) is 9.47 Å². The average molecular weight is 454 g/mol. The Balaban J connectivity index is 1.57. The Labute approximate surface area is 188 Å². The van der Waals surface area contributed by atoms with Gasteiger partial charge in [-0.25, -0.2) is 4.39 Å². The van der Waals surface area contributed by atoms with Gasteiger partial charge in [-0.3, -0.25) is 4.79 Å². The number of hydrogen-bond donors (Lipinski definition) is 0. The number of methoxy groups -OCH3 is 1. The van der Waals surface area contributed by atoms with Crippen LogP contribution in [0.4, 0.5) is 4.39 Å². The van der Waals surface area contributed by atoms with Gasteiger partial charge in [0.25, 0.3) is 5.56 Å². The van der Waals surface area contributed by atoms with Crippen LogP contribution in [0.5, 0.6) is 11.5 Å². The molecule has 0 aliphatic carbocycles. The summed E-state index contributed by atoms with van der Waals surface area (Å²) in [6.45, 7) is 2.83. The molecule has 0 spiro atoms. The number of halogens is 1. The molecule has 0 saturated carbocycles. The minimum absolute atomic E-state index is 0.249. The number of fused-ring (bicyclic) bond motifs is 1. The smallest absolute Gasteiger partial charge is 0.291 e. The molecule has 0 atom stereocenters. The van der Waals surface area contributed by atoms with Crippen molar-refractivity contribution in [3.05, 3.63) is 68.7 Å². The standard InChI is InChI=1S/C24H24FN3O3S/c1-3-4-5-6-13-31-19-12-7-16(14-20(19)30-2)15-21-23(29)28-24(32-21)26-22(27-28)17-8-10-18(25)11-9-17/h7-12,14-15H,3-6,13H2,1-2H3. The van der Waals surface area contributed by atoms with Crippen molar-refractivity contribution in [2.24, 2.45) is 0 Å². The van der Waals surface area contributed by atoms with E-state index >= 15 is 0 Å². The molecule has 32 heavy (non-hydrogen) atoms. The van der Waals surface area contributed by atoms with Crippen LogP contribution >= 0.6 is 11.3 Å². The topological polar surface area (TPSA) is 65.7 Å². The van der Waals surface area contributed by atoms with Gasteiger partial charge in [-0.15, -0.1) is 5.10 Å². The van der Waals surface area contributed by atoms with Crippen molar-refractivity contribution >= 4 is 22.4 Å². The lowest BCUT2D eigenvalue weighted by Crippen LogP contribution is -2.23. The first-order chi connectivity index (χ1) is 15.6. The Morgan fingerprint density at radius 3 is 2.62 bits per heavy atom. The molecule has 0 radical (unpaired) electrons. The van der Waals surface area contributed by atoms with Crippen LogP contribution in [0.2, 0.25) is 0 Å². The van der Waals surface area contributed by atoms with Gasteiger partial charge in [0.1, 0.15) is 5.82 Å². The van der Waals surface area contributed by atoms with Crippen LogP contribution in [0.25, 0.3) is 22.4 Å². The van der Waals surface area contributed by atoms with Gasteiger partial charge in [-0.2, -0.15) is 9.50 Å². The van der Waals surface area contributed by atoms with Crippen molar-refractivity contribution in [1.29, 1.82) is 0 Å². The Morgan fingerprint density at radius 2 is 1.91 bits per heavy atom.